The minimum absolute atomic E-state index is 0.204. The van der Waals surface area contributed by atoms with Crippen LogP contribution >= 0.6 is 0 Å². The van der Waals surface area contributed by atoms with Crippen LogP contribution in [0.1, 0.15) is 37.3 Å². The largest absolute Gasteiger partial charge is 0.468 e. The predicted molar refractivity (Wildman–Crippen MR) is 69.7 cm³/mol. The van der Waals surface area contributed by atoms with Crippen LogP contribution in [0.25, 0.3) is 0 Å². The van der Waals surface area contributed by atoms with Gasteiger partial charge in [0.15, 0.2) is 0 Å². The van der Waals surface area contributed by atoms with Crippen LogP contribution in [-0.2, 0) is 19.7 Å². The van der Waals surface area contributed by atoms with Gasteiger partial charge in [0.1, 0.15) is 5.41 Å². The van der Waals surface area contributed by atoms with Crippen LogP contribution < -0.4 is 0 Å². The molecule has 1 aliphatic rings. The summed E-state index contributed by atoms with van der Waals surface area (Å²) in [5.74, 6) is 0.343. The first-order valence-electron chi connectivity index (χ1n) is 6.40. The smallest absolute Gasteiger partial charge is 0.321 e. The van der Waals surface area contributed by atoms with Crippen LogP contribution in [-0.4, -0.2) is 26.3 Å². The molecule has 0 spiro atoms. The number of carbonyl (C=O) groups is 1. The fourth-order valence-electron chi connectivity index (χ4n) is 2.27. The number of hydrogen-bond donors (Lipinski definition) is 0. The Hall–Kier alpha value is -1.35. The predicted octanol–water partition coefficient (Wildman–Crippen LogP) is 2.64. The minimum Gasteiger partial charge on any atom is -0.468 e. The molecule has 1 fully saturated rings. The third kappa shape index (κ3) is 2.03. The molecule has 1 atom stereocenters. The number of benzene rings is 1. The van der Waals surface area contributed by atoms with Crippen molar-refractivity contribution in [2.75, 3.05) is 20.3 Å². The summed E-state index contributed by atoms with van der Waals surface area (Å²) in [5, 5.41) is 0. The highest BCUT2D eigenvalue weighted by molar-refractivity contribution is 5.84. The maximum absolute atomic E-state index is 11.9. The highest BCUT2D eigenvalue weighted by Gasteiger charge is 2.48. The van der Waals surface area contributed by atoms with E-state index in [2.05, 4.69) is 26.0 Å². The van der Waals surface area contributed by atoms with Gasteiger partial charge in [0, 0.05) is 0 Å². The second-order valence-electron chi connectivity index (χ2n) is 5.00. The lowest BCUT2D eigenvalue weighted by atomic mass is 9.78. The average Bonchev–Trinajstić information content (AvgIpc) is 2.37. The maximum atomic E-state index is 11.9. The quantitative estimate of drug-likeness (QED) is 0.768. The van der Waals surface area contributed by atoms with Crippen molar-refractivity contribution in [2.24, 2.45) is 0 Å². The van der Waals surface area contributed by atoms with E-state index >= 15 is 0 Å². The minimum atomic E-state index is -0.581. The van der Waals surface area contributed by atoms with E-state index in [-0.39, 0.29) is 5.97 Å². The standard InChI is InChI=1S/C15H20O3/c1-4-11(2)12-5-7-13(8-6-12)15(9-18-10-15)14(16)17-3/h5-8,11H,4,9-10H2,1-3H3. The molecular formula is C15H20O3. The molecule has 98 valence electrons. The van der Waals surface area contributed by atoms with Gasteiger partial charge < -0.3 is 9.47 Å². The molecule has 0 amide bonds. The van der Waals surface area contributed by atoms with E-state index in [1.807, 2.05) is 12.1 Å². The van der Waals surface area contributed by atoms with Crippen LogP contribution in [0.4, 0.5) is 0 Å². The van der Waals surface area contributed by atoms with Crippen LogP contribution in [0.2, 0.25) is 0 Å². The molecule has 2 rings (SSSR count). The Morgan fingerprint density at radius 1 is 1.39 bits per heavy atom. The third-order valence-electron chi connectivity index (χ3n) is 3.92. The van der Waals surface area contributed by atoms with Crippen LogP contribution in [0, 0.1) is 0 Å². The van der Waals surface area contributed by atoms with Gasteiger partial charge in [-0.2, -0.15) is 0 Å². The number of esters is 1. The number of carbonyl (C=O) groups excluding carboxylic acids is 1. The van der Waals surface area contributed by atoms with E-state index < -0.39 is 5.41 Å². The summed E-state index contributed by atoms with van der Waals surface area (Å²) in [4.78, 5) is 11.9. The SMILES string of the molecule is CCC(C)c1ccc(C2(C(=O)OC)COC2)cc1. The zero-order chi connectivity index (χ0) is 13.2. The van der Waals surface area contributed by atoms with Crippen LogP contribution in [0.15, 0.2) is 24.3 Å². The summed E-state index contributed by atoms with van der Waals surface area (Å²) in [7, 11) is 1.43. The summed E-state index contributed by atoms with van der Waals surface area (Å²) in [5.41, 5.74) is 1.72. The van der Waals surface area contributed by atoms with Gasteiger partial charge in [0.05, 0.1) is 20.3 Å². The molecule has 1 aromatic rings. The van der Waals surface area contributed by atoms with Crippen molar-refractivity contribution < 1.29 is 14.3 Å². The Morgan fingerprint density at radius 2 is 2.00 bits per heavy atom. The van der Waals surface area contributed by atoms with E-state index in [1.165, 1.54) is 12.7 Å². The van der Waals surface area contributed by atoms with Crippen molar-refractivity contribution in [3.8, 4) is 0 Å². The second kappa shape index (κ2) is 5.11. The molecule has 1 saturated heterocycles. The molecule has 1 aliphatic heterocycles. The molecule has 3 nitrogen and oxygen atoms in total. The monoisotopic (exact) mass is 248 g/mol. The van der Waals surface area contributed by atoms with Crippen molar-refractivity contribution in [3.05, 3.63) is 35.4 Å². The fourth-order valence-corrected chi connectivity index (χ4v) is 2.27. The molecule has 0 N–H and O–H groups in total. The second-order valence-corrected chi connectivity index (χ2v) is 5.00. The first-order chi connectivity index (χ1) is 8.64. The van der Waals surface area contributed by atoms with E-state index in [0.29, 0.717) is 19.1 Å². The van der Waals surface area contributed by atoms with Crippen molar-refractivity contribution in [3.63, 3.8) is 0 Å². The lowest BCUT2D eigenvalue weighted by molar-refractivity contribution is -0.166. The molecular weight excluding hydrogens is 228 g/mol. The Balaban J connectivity index is 2.25. The lowest BCUT2D eigenvalue weighted by Gasteiger charge is -2.39. The van der Waals surface area contributed by atoms with Gasteiger partial charge in [-0.05, 0) is 23.5 Å². The summed E-state index contributed by atoms with van der Waals surface area (Å²) in [6, 6.07) is 8.26. The van der Waals surface area contributed by atoms with Gasteiger partial charge in [-0.25, -0.2) is 0 Å². The normalized spacial score (nSPS) is 18.8. The van der Waals surface area contributed by atoms with Crippen molar-refractivity contribution in [1.29, 1.82) is 0 Å². The highest BCUT2D eigenvalue weighted by Crippen LogP contribution is 2.34. The Labute approximate surface area is 108 Å². The zero-order valence-electron chi connectivity index (χ0n) is 11.2. The molecule has 3 heteroatoms. The first-order valence-corrected chi connectivity index (χ1v) is 6.40. The summed E-state index contributed by atoms with van der Waals surface area (Å²) in [6.07, 6.45) is 1.12. The maximum Gasteiger partial charge on any atom is 0.321 e. The molecule has 0 aromatic heterocycles. The lowest BCUT2D eigenvalue weighted by Crippen LogP contribution is -2.53. The number of rotatable bonds is 4. The Kier molecular flexibility index (Phi) is 3.71. The van der Waals surface area contributed by atoms with Crippen molar-refractivity contribution >= 4 is 5.97 Å². The molecule has 1 heterocycles. The van der Waals surface area contributed by atoms with E-state index in [1.54, 1.807) is 0 Å². The van der Waals surface area contributed by atoms with Gasteiger partial charge in [0.25, 0.3) is 0 Å². The first kappa shape index (κ1) is 13.1. The zero-order valence-corrected chi connectivity index (χ0v) is 11.2. The highest BCUT2D eigenvalue weighted by atomic mass is 16.5. The molecule has 1 aromatic carbocycles. The van der Waals surface area contributed by atoms with Crippen molar-refractivity contribution in [2.45, 2.75) is 31.6 Å². The summed E-state index contributed by atoms with van der Waals surface area (Å²) >= 11 is 0. The Morgan fingerprint density at radius 3 is 2.39 bits per heavy atom. The topological polar surface area (TPSA) is 35.5 Å². The number of ether oxygens (including phenoxy) is 2. The van der Waals surface area contributed by atoms with Gasteiger partial charge in [-0.3, -0.25) is 4.79 Å². The molecule has 0 saturated carbocycles. The summed E-state index contributed by atoms with van der Waals surface area (Å²) in [6.45, 7) is 5.22. The third-order valence-corrected chi connectivity index (χ3v) is 3.92. The van der Waals surface area contributed by atoms with Gasteiger partial charge >= 0.3 is 5.97 Å². The van der Waals surface area contributed by atoms with Crippen LogP contribution in [0.5, 0.6) is 0 Å². The molecule has 0 bridgehead atoms. The van der Waals surface area contributed by atoms with Gasteiger partial charge in [-0.1, -0.05) is 38.1 Å². The molecule has 1 unspecified atom stereocenters. The number of methoxy groups -OCH3 is 1. The average molecular weight is 248 g/mol. The number of hydrogen-bond acceptors (Lipinski definition) is 3. The summed E-state index contributed by atoms with van der Waals surface area (Å²) < 4.78 is 10.1. The van der Waals surface area contributed by atoms with Crippen LogP contribution in [0.3, 0.4) is 0 Å². The van der Waals surface area contributed by atoms with Gasteiger partial charge in [-0.15, -0.1) is 0 Å². The molecule has 0 aliphatic carbocycles. The fraction of sp³-hybridized carbons (Fsp3) is 0.533. The molecule has 18 heavy (non-hydrogen) atoms. The Bertz CT molecular complexity index is 418. The van der Waals surface area contributed by atoms with E-state index in [0.717, 1.165) is 12.0 Å². The van der Waals surface area contributed by atoms with Gasteiger partial charge in [0.2, 0.25) is 0 Å². The molecule has 0 radical (unpaired) electrons. The van der Waals surface area contributed by atoms with Crippen molar-refractivity contribution in [1.82, 2.24) is 0 Å². The van der Waals surface area contributed by atoms with E-state index in [4.69, 9.17) is 9.47 Å². The van der Waals surface area contributed by atoms with E-state index in [9.17, 15) is 4.79 Å².